The van der Waals surface area contributed by atoms with Crippen LogP contribution in [0, 0.1) is 0 Å². The minimum absolute atomic E-state index is 0.163. The molecule has 0 aliphatic carbocycles. The first-order chi connectivity index (χ1) is 10.3. The topological polar surface area (TPSA) is 27.7 Å². The molecule has 0 bridgehead atoms. The molecule has 110 valence electrons. The number of benzene rings is 2. The summed E-state index contributed by atoms with van der Waals surface area (Å²) in [5.74, 6) is 1.56. The quantitative estimate of drug-likeness (QED) is 0.595. The Kier molecular flexibility index (Phi) is 6.03. The lowest BCUT2D eigenvalue weighted by Gasteiger charge is -2.08. The predicted octanol–water partition coefficient (Wildman–Crippen LogP) is 4.01. The zero-order chi connectivity index (χ0) is 14.9. The van der Waals surface area contributed by atoms with Crippen molar-refractivity contribution in [1.82, 2.24) is 0 Å². The van der Waals surface area contributed by atoms with E-state index in [2.05, 4.69) is 12.1 Å². The van der Waals surface area contributed by atoms with Gasteiger partial charge in [0.15, 0.2) is 0 Å². The van der Waals surface area contributed by atoms with E-state index in [-0.39, 0.29) is 5.24 Å². The van der Waals surface area contributed by atoms with E-state index in [0.717, 1.165) is 18.6 Å². The summed E-state index contributed by atoms with van der Waals surface area (Å²) in [6.07, 6.45) is 1.81. The number of methoxy groups -OCH3 is 1. The van der Waals surface area contributed by atoms with Crippen molar-refractivity contribution < 1.29 is 14.2 Å². The van der Waals surface area contributed by atoms with E-state index in [9.17, 15) is 0 Å². The van der Waals surface area contributed by atoms with Crippen molar-refractivity contribution in [2.24, 2.45) is 0 Å². The Balaban J connectivity index is 1.66. The van der Waals surface area contributed by atoms with Gasteiger partial charge in [0, 0.05) is 12.2 Å². The number of hydrogen-bond acceptors (Lipinski definition) is 4. The third-order valence-electron chi connectivity index (χ3n) is 2.93. The monoisotopic (exact) mass is 302 g/mol. The van der Waals surface area contributed by atoms with Gasteiger partial charge in [0.25, 0.3) is 0 Å². The Morgan fingerprint density at radius 2 is 1.67 bits per heavy atom. The highest BCUT2D eigenvalue weighted by Crippen LogP contribution is 2.13. The molecule has 3 nitrogen and oxygen atoms in total. The smallest absolute Gasteiger partial charge is 0.357 e. The molecule has 0 unspecified atom stereocenters. The predicted molar refractivity (Wildman–Crippen MR) is 86.9 cm³/mol. The highest BCUT2D eigenvalue weighted by Gasteiger charge is 2.01. The summed E-state index contributed by atoms with van der Waals surface area (Å²) < 4.78 is 15.9. The van der Waals surface area contributed by atoms with E-state index < -0.39 is 0 Å². The third-order valence-corrected chi connectivity index (χ3v) is 3.13. The van der Waals surface area contributed by atoms with Crippen molar-refractivity contribution in [3.63, 3.8) is 0 Å². The molecular weight excluding hydrogens is 284 g/mol. The average molecular weight is 302 g/mol. The SMILES string of the molecule is COc1ccc(CCCOC(=S)Oc2ccccc2)cc1. The minimum atomic E-state index is 0.163. The van der Waals surface area contributed by atoms with Crippen molar-refractivity contribution in [2.75, 3.05) is 13.7 Å². The van der Waals surface area contributed by atoms with E-state index in [0.29, 0.717) is 12.4 Å². The lowest BCUT2D eigenvalue weighted by atomic mass is 10.1. The molecule has 0 aliphatic rings. The van der Waals surface area contributed by atoms with Gasteiger partial charge in [-0.25, -0.2) is 0 Å². The number of hydrogen-bond donors (Lipinski definition) is 0. The van der Waals surface area contributed by atoms with Crippen molar-refractivity contribution >= 4 is 17.5 Å². The second kappa shape index (κ2) is 8.27. The van der Waals surface area contributed by atoms with Gasteiger partial charge in [-0.05, 0) is 42.7 Å². The van der Waals surface area contributed by atoms with Gasteiger partial charge in [0.2, 0.25) is 0 Å². The molecule has 2 aromatic rings. The van der Waals surface area contributed by atoms with Crippen LogP contribution < -0.4 is 9.47 Å². The summed E-state index contributed by atoms with van der Waals surface area (Å²) in [5.41, 5.74) is 1.24. The number of rotatable bonds is 6. The van der Waals surface area contributed by atoms with Gasteiger partial charge in [-0.2, -0.15) is 0 Å². The van der Waals surface area contributed by atoms with Crippen molar-refractivity contribution in [2.45, 2.75) is 12.8 Å². The number of para-hydroxylation sites is 1. The van der Waals surface area contributed by atoms with Crippen LogP contribution in [0.4, 0.5) is 0 Å². The van der Waals surface area contributed by atoms with E-state index in [1.54, 1.807) is 7.11 Å². The Labute approximate surface area is 130 Å². The molecule has 2 aromatic carbocycles. The van der Waals surface area contributed by atoms with Crippen LogP contribution in [0.1, 0.15) is 12.0 Å². The first kappa shape index (κ1) is 15.3. The van der Waals surface area contributed by atoms with E-state index in [1.165, 1.54) is 5.56 Å². The van der Waals surface area contributed by atoms with Crippen molar-refractivity contribution in [1.29, 1.82) is 0 Å². The fourth-order valence-corrected chi connectivity index (χ4v) is 2.02. The molecule has 21 heavy (non-hydrogen) atoms. The Morgan fingerprint density at radius 1 is 0.952 bits per heavy atom. The van der Waals surface area contributed by atoms with Crippen LogP contribution in [0.3, 0.4) is 0 Å². The highest BCUT2D eigenvalue weighted by molar-refractivity contribution is 7.79. The molecule has 0 atom stereocenters. The van der Waals surface area contributed by atoms with E-state index >= 15 is 0 Å². The molecule has 0 heterocycles. The molecule has 0 amide bonds. The number of aryl methyl sites for hydroxylation is 1. The Bertz CT molecular complexity index is 552. The van der Waals surface area contributed by atoms with Gasteiger partial charge in [0.1, 0.15) is 11.5 Å². The minimum Gasteiger partial charge on any atom is -0.497 e. The van der Waals surface area contributed by atoms with Crippen molar-refractivity contribution in [3.8, 4) is 11.5 Å². The van der Waals surface area contributed by atoms with Gasteiger partial charge in [-0.1, -0.05) is 30.3 Å². The van der Waals surface area contributed by atoms with Crippen LogP contribution in [0.25, 0.3) is 0 Å². The van der Waals surface area contributed by atoms with Gasteiger partial charge >= 0.3 is 5.24 Å². The molecule has 0 saturated heterocycles. The molecule has 0 saturated carbocycles. The molecule has 0 radical (unpaired) electrons. The normalized spacial score (nSPS) is 9.95. The zero-order valence-electron chi connectivity index (χ0n) is 12.0. The standard InChI is InChI=1S/C17H18O3S/c1-18-15-11-9-14(10-12-15)6-5-13-19-17(21)20-16-7-3-2-4-8-16/h2-4,7-12H,5-6,13H2,1H3. The zero-order valence-corrected chi connectivity index (χ0v) is 12.8. The van der Waals surface area contributed by atoms with Crippen LogP contribution in [0.2, 0.25) is 0 Å². The second-order valence-corrected chi connectivity index (χ2v) is 4.80. The lowest BCUT2D eigenvalue weighted by molar-refractivity contribution is 0.244. The van der Waals surface area contributed by atoms with Gasteiger partial charge in [-0.15, -0.1) is 0 Å². The van der Waals surface area contributed by atoms with Crippen LogP contribution in [-0.4, -0.2) is 19.0 Å². The van der Waals surface area contributed by atoms with Crippen LogP contribution in [-0.2, 0) is 11.2 Å². The highest BCUT2D eigenvalue weighted by atomic mass is 32.1. The first-order valence-corrected chi connectivity index (χ1v) is 7.21. The summed E-state index contributed by atoms with van der Waals surface area (Å²) in [4.78, 5) is 0. The summed E-state index contributed by atoms with van der Waals surface area (Å²) in [6.45, 7) is 0.539. The van der Waals surface area contributed by atoms with E-state index in [1.807, 2.05) is 42.5 Å². The molecule has 0 aliphatic heterocycles. The molecule has 0 spiro atoms. The summed E-state index contributed by atoms with van der Waals surface area (Å²) in [6, 6.07) is 17.4. The maximum absolute atomic E-state index is 5.40. The molecular formula is C17H18O3S. The van der Waals surface area contributed by atoms with Gasteiger partial charge in [-0.3, -0.25) is 0 Å². The third kappa shape index (κ3) is 5.44. The first-order valence-electron chi connectivity index (χ1n) is 6.80. The summed E-state index contributed by atoms with van der Waals surface area (Å²) in [5, 5.41) is 0.163. The molecule has 2 rings (SSSR count). The fraction of sp³-hybridized carbons (Fsp3) is 0.235. The van der Waals surface area contributed by atoms with Crippen molar-refractivity contribution in [3.05, 3.63) is 60.2 Å². The lowest BCUT2D eigenvalue weighted by Crippen LogP contribution is -2.11. The molecule has 0 aromatic heterocycles. The van der Waals surface area contributed by atoms with Crippen LogP contribution in [0.5, 0.6) is 11.5 Å². The summed E-state index contributed by atoms with van der Waals surface area (Å²) in [7, 11) is 1.66. The number of ether oxygens (including phenoxy) is 3. The largest absolute Gasteiger partial charge is 0.497 e. The molecule has 0 fully saturated rings. The molecule has 4 heteroatoms. The Hall–Kier alpha value is -2.07. The maximum Gasteiger partial charge on any atom is 0.357 e. The van der Waals surface area contributed by atoms with Crippen LogP contribution >= 0.6 is 12.2 Å². The number of thiocarbonyl (C=S) groups is 1. The van der Waals surface area contributed by atoms with E-state index in [4.69, 9.17) is 26.4 Å². The van der Waals surface area contributed by atoms with Crippen LogP contribution in [0.15, 0.2) is 54.6 Å². The molecule has 0 N–H and O–H groups in total. The second-order valence-electron chi connectivity index (χ2n) is 4.47. The maximum atomic E-state index is 5.40. The fourth-order valence-electron chi connectivity index (χ4n) is 1.84. The van der Waals surface area contributed by atoms with Gasteiger partial charge < -0.3 is 14.2 Å². The van der Waals surface area contributed by atoms with Gasteiger partial charge in [0.05, 0.1) is 13.7 Å². The average Bonchev–Trinajstić information content (AvgIpc) is 2.53. The Morgan fingerprint density at radius 3 is 2.33 bits per heavy atom. The summed E-state index contributed by atoms with van der Waals surface area (Å²) >= 11 is 5.04.